The van der Waals surface area contributed by atoms with E-state index in [1.807, 2.05) is 24.3 Å². The van der Waals surface area contributed by atoms with Gasteiger partial charge in [0.15, 0.2) is 0 Å². The summed E-state index contributed by atoms with van der Waals surface area (Å²) in [5.41, 5.74) is 4.24. The first-order valence-corrected chi connectivity index (χ1v) is 5.57. The predicted molar refractivity (Wildman–Crippen MR) is 69.7 cm³/mol. The van der Waals surface area contributed by atoms with Crippen LogP contribution >= 0.6 is 0 Å². The second kappa shape index (κ2) is 5.18. The predicted octanol–water partition coefficient (Wildman–Crippen LogP) is 3.48. The van der Waals surface area contributed by atoms with Gasteiger partial charge in [0.2, 0.25) is 0 Å². The molecule has 2 nitrogen and oxygen atoms in total. The Balaban J connectivity index is 1.98. The summed E-state index contributed by atoms with van der Waals surface area (Å²) in [6.45, 7) is 2.88. The Morgan fingerprint density at radius 2 is 1.65 bits per heavy atom. The number of rotatable bonds is 3. The molecule has 0 heterocycles. The molecule has 2 rings (SSSR count). The summed E-state index contributed by atoms with van der Waals surface area (Å²) in [6.07, 6.45) is 0. The average molecular weight is 222 g/mol. The molecule has 0 aliphatic rings. The number of hydrogen-bond acceptors (Lipinski definition) is 2. The third-order valence-electron chi connectivity index (χ3n) is 2.63. The Kier molecular flexibility index (Phi) is 3.42. The molecule has 0 aliphatic heterocycles. The van der Waals surface area contributed by atoms with E-state index in [2.05, 4.69) is 42.6 Å². The summed E-state index contributed by atoms with van der Waals surface area (Å²) in [7, 11) is 0. The molecule has 2 aromatic carbocycles. The van der Waals surface area contributed by atoms with Crippen molar-refractivity contribution in [2.24, 2.45) is 0 Å². The number of benzene rings is 2. The molecule has 0 aliphatic carbocycles. The molecule has 0 unspecified atom stereocenters. The third-order valence-corrected chi connectivity index (χ3v) is 2.63. The van der Waals surface area contributed by atoms with Crippen molar-refractivity contribution < 1.29 is 0 Å². The van der Waals surface area contributed by atoms with Gasteiger partial charge in [-0.15, -0.1) is 0 Å². The van der Waals surface area contributed by atoms with Crippen molar-refractivity contribution in [2.45, 2.75) is 13.5 Å². The van der Waals surface area contributed by atoms with Crippen LogP contribution in [0.15, 0.2) is 48.5 Å². The van der Waals surface area contributed by atoms with Crippen LogP contribution < -0.4 is 5.32 Å². The normalized spacial score (nSPS) is 9.65. The molecule has 0 amide bonds. The molecule has 0 bridgehead atoms. The zero-order valence-electron chi connectivity index (χ0n) is 9.77. The maximum absolute atomic E-state index is 8.69. The van der Waals surface area contributed by atoms with Gasteiger partial charge in [-0.2, -0.15) is 5.26 Å². The molecule has 0 aromatic heterocycles. The van der Waals surface area contributed by atoms with Crippen LogP contribution in [0.1, 0.15) is 16.7 Å². The van der Waals surface area contributed by atoms with Crippen molar-refractivity contribution in [3.63, 3.8) is 0 Å². The van der Waals surface area contributed by atoms with Crippen LogP contribution in [0, 0.1) is 18.3 Å². The first kappa shape index (κ1) is 11.2. The first-order valence-electron chi connectivity index (χ1n) is 5.57. The fourth-order valence-corrected chi connectivity index (χ4v) is 1.57. The Labute approximate surface area is 102 Å². The lowest BCUT2D eigenvalue weighted by Gasteiger charge is -2.06. The number of nitriles is 1. The second-order valence-electron chi connectivity index (χ2n) is 4.03. The maximum atomic E-state index is 8.69. The largest absolute Gasteiger partial charge is 0.381 e. The van der Waals surface area contributed by atoms with Gasteiger partial charge in [-0.25, -0.2) is 0 Å². The lowest BCUT2D eigenvalue weighted by molar-refractivity contribution is 1.14. The summed E-state index contributed by atoms with van der Waals surface area (Å²) in [5.74, 6) is 0. The summed E-state index contributed by atoms with van der Waals surface area (Å²) < 4.78 is 0. The highest BCUT2D eigenvalue weighted by Gasteiger charge is 1.94. The zero-order chi connectivity index (χ0) is 12.1. The number of nitrogens with one attached hydrogen (secondary N) is 1. The number of nitrogens with zero attached hydrogens (tertiary/aromatic N) is 1. The summed E-state index contributed by atoms with van der Waals surface area (Å²) in [6, 6.07) is 18.0. The monoisotopic (exact) mass is 222 g/mol. The van der Waals surface area contributed by atoms with E-state index >= 15 is 0 Å². The molecule has 2 aromatic rings. The van der Waals surface area contributed by atoms with E-state index in [1.165, 1.54) is 11.1 Å². The zero-order valence-corrected chi connectivity index (χ0v) is 9.77. The Morgan fingerprint density at radius 3 is 2.24 bits per heavy atom. The summed E-state index contributed by atoms with van der Waals surface area (Å²) in [4.78, 5) is 0. The van der Waals surface area contributed by atoms with Gasteiger partial charge < -0.3 is 5.32 Å². The van der Waals surface area contributed by atoms with E-state index in [-0.39, 0.29) is 0 Å². The topological polar surface area (TPSA) is 35.8 Å². The summed E-state index contributed by atoms with van der Waals surface area (Å²) >= 11 is 0. The van der Waals surface area contributed by atoms with Crippen LogP contribution in [0.4, 0.5) is 5.69 Å². The van der Waals surface area contributed by atoms with Crippen molar-refractivity contribution in [3.05, 3.63) is 65.2 Å². The quantitative estimate of drug-likeness (QED) is 0.863. The van der Waals surface area contributed by atoms with Crippen molar-refractivity contribution in [1.82, 2.24) is 0 Å². The molecular formula is C15H14N2. The Bertz CT molecular complexity index is 518. The van der Waals surface area contributed by atoms with E-state index in [0.29, 0.717) is 5.56 Å². The van der Waals surface area contributed by atoms with Crippen molar-refractivity contribution >= 4 is 5.69 Å². The Hall–Kier alpha value is -2.27. The third kappa shape index (κ3) is 3.09. The lowest BCUT2D eigenvalue weighted by Crippen LogP contribution is -1.98. The molecule has 0 spiro atoms. The van der Waals surface area contributed by atoms with Crippen LogP contribution in [-0.2, 0) is 6.54 Å². The number of aryl methyl sites for hydroxylation is 1. The molecule has 17 heavy (non-hydrogen) atoms. The van der Waals surface area contributed by atoms with Crippen LogP contribution in [0.25, 0.3) is 0 Å². The smallest absolute Gasteiger partial charge is 0.0991 e. The minimum atomic E-state index is 0.686. The molecule has 2 heteroatoms. The van der Waals surface area contributed by atoms with Crippen LogP contribution in [-0.4, -0.2) is 0 Å². The van der Waals surface area contributed by atoms with Crippen molar-refractivity contribution in [2.75, 3.05) is 5.32 Å². The van der Waals surface area contributed by atoms with Crippen LogP contribution in [0.3, 0.4) is 0 Å². The molecule has 0 saturated heterocycles. The minimum Gasteiger partial charge on any atom is -0.381 e. The van der Waals surface area contributed by atoms with E-state index in [1.54, 1.807) is 0 Å². The van der Waals surface area contributed by atoms with E-state index in [9.17, 15) is 0 Å². The van der Waals surface area contributed by atoms with Gasteiger partial charge in [-0.05, 0) is 36.8 Å². The van der Waals surface area contributed by atoms with Gasteiger partial charge in [-0.1, -0.05) is 29.8 Å². The molecule has 0 atom stereocenters. The summed E-state index contributed by atoms with van der Waals surface area (Å²) in [5, 5.41) is 12.0. The molecule has 84 valence electrons. The van der Waals surface area contributed by atoms with E-state index < -0.39 is 0 Å². The molecule has 1 N–H and O–H groups in total. The van der Waals surface area contributed by atoms with E-state index in [4.69, 9.17) is 5.26 Å². The molecular weight excluding hydrogens is 208 g/mol. The Morgan fingerprint density at radius 1 is 1.00 bits per heavy atom. The second-order valence-corrected chi connectivity index (χ2v) is 4.03. The highest BCUT2D eigenvalue weighted by Crippen LogP contribution is 2.11. The van der Waals surface area contributed by atoms with Crippen LogP contribution in [0.2, 0.25) is 0 Å². The van der Waals surface area contributed by atoms with Crippen molar-refractivity contribution in [3.8, 4) is 6.07 Å². The van der Waals surface area contributed by atoms with Crippen molar-refractivity contribution in [1.29, 1.82) is 5.26 Å². The fourth-order valence-electron chi connectivity index (χ4n) is 1.57. The van der Waals surface area contributed by atoms with E-state index in [0.717, 1.165) is 12.2 Å². The standard InChI is InChI=1S/C15H14N2/c1-12-2-4-14(5-3-12)11-17-15-8-6-13(10-16)7-9-15/h2-9,17H,11H2,1H3. The highest BCUT2D eigenvalue weighted by atomic mass is 14.9. The average Bonchev–Trinajstić information content (AvgIpc) is 2.39. The molecule has 0 radical (unpaired) electrons. The lowest BCUT2D eigenvalue weighted by atomic mass is 10.1. The van der Waals surface area contributed by atoms with Gasteiger partial charge in [0.1, 0.15) is 0 Å². The SMILES string of the molecule is Cc1ccc(CNc2ccc(C#N)cc2)cc1. The minimum absolute atomic E-state index is 0.686. The molecule has 0 saturated carbocycles. The van der Waals surface area contributed by atoms with Gasteiger partial charge in [0, 0.05) is 12.2 Å². The maximum Gasteiger partial charge on any atom is 0.0991 e. The first-order chi connectivity index (χ1) is 8.28. The van der Waals surface area contributed by atoms with Gasteiger partial charge in [0.25, 0.3) is 0 Å². The van der Waals surface area contributed by atoms with Gasteiger partial charge >= 0.3 is 0 Å². The number of hydrogen-bond donors (Lipinski definition) is 1. The number of anilines is 1. The van der Waals surface area contributed by atoms with Crippen LogP contribution in [0.5, 0.6) is 0 Å². The van der Waals surface area contributed by atoms with Gasteiger partial charge in [0.05, 0.1) is 11.6 Å². The highest BCUT2D eigenvalue weighted by molar-refractivity contribution is 5.47. The fraction of sp³-hybridized carbons (Fsp3) is 0.133. The molecule has 0 fully saturated rings. The van der Waals surface area contributed by atoms with Gasteiger partial charge in [-0.3, -0.25) is 0 Å².